The van der Waals surface area contributed by atoms with Crippen LogP contribution < -0.4 is 0 Å². The zero-order valence-corrected chi connectivity index (χ0v) is 14.8. The second-order valence-corrected chi connectivity index (χ2v) is 9.05. The molecule has 3 nitrogen and oxygen atoms in total. The topological polar surface area (TPSA) is 27.7 Å². The molecule has 18 heavy (non-hydrogen) atoms. The Morgan fingerprint density at radius 2 is 1.33 bits per heavy atom. The van der Waals surface area contributed by atoms with Crippen molar-refractivity contribution in [2.45, 2.75) is 47.5 Å². The maximum Gasteiger partial charge on any atom is 0.578 e. The van der Waals surface area contributed by atoms with Crippen molar-refractivity contribution in [3.63, 3.8) is 0 Å². The molecule has 0 radical (unpaired) electrons. The Kier molecular flexibility index (Phi) is 10.6. The molecule has 6 heteroatoms. The summed E-state index contributed by atoms with van der Waals surface area (Å²) >= 11 is 7.05. The Morgan fingerprint density at radius 3 is 1.61 bits per heavy atom. The highest BCUT2D eigenvalue weighted by molar-refractivity contribution is 8.42. The first-order valence-corrected chi connectivity index (χ1v) is 10.4. The van der Waals surface area contributed by atoms with Gasteiger partial charge in [-0.2, -0.15) is 0 Å². The van der Waals surface area contributed by atoms with E-state index in [0.717, 1.165) is 17.0 Å². The highest BCUT2D eigenvalue weighted by Gasteiger charge is 2.44. The average molecular weight is 311 g/mol. The van der Waals surface area contributed by atoms with Crippen LogP contribution in [0.5, 0.6) is 0 Å². The minimum atomic E-state index is -2.68. The first kappa shape index (κ1) is 18.5. The Morgan fingerprint density at radius 1 is 0.944 bits per heavy atom. The first-order valence-electron chi connectivity index (χ1n) is 6.73. The maximum atomic E-state index is 5.79. The second-order valence-electron chi connectivity index (χ2n) is 3.73. The molecule has 0 rings (SSSR count). The van der Waals surface area contributed by atoms with Crippen LogP contribution in [0.3, 0.4) is 0 Å². The summed E-state index contributed by atoms with van der Waals surface area (Å²) in [6.07, 6.45) is 2.11. The van der Waals surface area contributed by atoms with Crippen molar-refractivity contribution in [1.29, 1.82) is 0 Å². The minimum Gasteiger partial charge on any atom is -0.365 e. The lowest BCUT2D eigenvalue weighted by atomic mass is 10.1. The van der Waals surface area contributed by atoms with Crippen molar-refractivity contribution in [3.05, 3.63) is 0 Å². The summed E-state index contributed by atoms with van der Waals surface area (Å²) in [7, 11) is -2.68. The number of rotatable bonds is 10. The van der Waals surface area contributed by atoms with Gasteiger partial charge in [-0.05, 0) is 39.5 Å². The van der Waals surface area contributed by atoms with Gasteiger partial charge in [-0.1, -0.05) is 37.3 Å². The monoisotopic (exact) mass is 310 g/mol. The Hall–Kier alpha value is 0.537. The van der Waals surface area contributed by atoms with Gasteiger partial charge in [0.05, 0.1) is 4.20 Å². The third-order valence-corrected chi connectivity index (χ3v) is 8.72. The van der Waals surface area contributed by atoms with Crippen molar-refractivity contribution < 1.29 is 13.3 Å². The standard InChI is InChI=1S/C12H26O3S2Si/c1-6-11(7-2)12(16)17-18(13-8-3,14-9-4)15-10-5/h11H,6-10H2,1-5H3. The van der Waals surface area contributed by atoms with Crippen LogP contribution in [0.1, 0.15) is 47.5 Å². The molecule has 0 saturated heterocycles. The van der Waals surface area contributed by atoms with Crippen LogP contribution in [0.2, 0.25) is 0 Å². The fourth-order valence-electron chi connectivity index (χ4n) is 1.57. The molecule has 0 heterocycles. The molecule has 0 aliphatic carbocycles. The summed E-state index contributed by atoms with van der Waals surface area (Å²) in [6.45, 7) is 12.0. The first-order chi connectivity index (χ1) is 8.59. The molecule has 0 aromatic rings. The van der Waals surface area contributed by atoms with Crippen LogP contribution in [-0.2, 0) is 13.3 Å². The van der Waals surface area contributed by atoms with E-state index < -0.39 is 7.95 Å². The second kappa shape index (κ2) is 10.3. The fraction of sp³-hybridized carbons (Fsp3) is 0.917. The molecule has 0 aromatic heterocycles. The SMILES string of the molecule is CCO[Si](OCC)(OCC)SC(=S)C(CC)CC. The van der Waals surface area contributed by atoms with Crippen molar-refractivity contribution in [2.75, 3.05) is 19.8 Å². The predicted octanol–water partition coefficient (Wildman–Crippen LogP) is 4.03. The molecule has 0 amide bonds. The number of hydrogen-bond donors (Lipinski definition) is 0. The molecular formula is C12H26O3S2Si. The average Bonchev–Trinajstić information content (AvgIpc) is 2.31. The lowest BCUT2D eigenvalue weighted by Crippen LogP contribution is -2.44. The van der Waals surface area contributed by atoms with Gasteiger partial charge >= 0.3 is 7.95 Å². The maximum absolute atomic E-state index is 5.79. The Bertz CT molecular complexity index is 218. The Balaban J connectivity index is 4.77. The van der Waals surface area contributed by atoms with E-state index in [1.807, 2.05) is 20.8 Å². The lowest BCUT2D eigenvalue weighted by Gasteiger charge is -2.28. The fourth-order valence-corrected chi connectivity index (χ4v) is 7.89. The van der Waals surface area contributed by atoms with E-state index >= 15 is 0 Å². The quantitative estimate of drug-likeness (QED) is 0.449. The van der Waals surface area contributed by atoms with Gasteiger partial charge in [-0.3, -0.25) is 0 Å². The van der Waals surface area contributed by atoms with E-state index in [1.165, 1.54) is 11.2 Å². The molecule has 108 valence electrons. The van der Waals surface area contributed by atoms with Crippen molar-refractivity contribution in [3.8, 4) is 0 Å². The van der Waals surface area contributed by atoms with Gasteiger partial charge in [0.25, 0.3) is 0 Å². The van der Waals surface area contributed by atoms with Crippen molar-refractivity contribution in [2.24, 2.45) is 5.92 Å². The molecule has 0 fully saturated rings. The summed E-state index contributed by atoms with van der Waals surface area (Å²) < 4.78 is 18.3. The van der Waals surface area contributed by atoms with Gasteiger partial charge in [0.1, 0.15) is 0 Å². The van der Waals surface area contributed by atoms with Gasteiger partial charge < -0.3 is 13.3 Å². The van der Waals surface area contributed by atoms with Crippen LogP contribution in [0.25, 0.3) is 0 Å². The zero-order valence-electron chi connectivity index (χ0n) is 12.2. The third-order valence-electron chi connectivity index (χ3n) is 2.51. The third kappa shape index (κ3) is 6.12. The van der Waals surface area contributed by atoms with E-state index in [1.54, 1.807) is 0 Å². The predicted molar refractivity (Wildman–Crippen MR) is 84.9 cm³/mol. The van der Waals surface area contributed by atoms with E-state index in [9.17, 15) is 0 Å². The highest BCUT2D eigenvalue weighted by Crippen LogP contribution is 2.31. The summed E-state index contributed by atoms with van der Waals surface area (Å²) in [5, 5.41) is 0. The molecule has 0 unspecified atom stereocenters. The van der Waals surface area contributed by atoms with Gasteiger partial charge in [-0.25, -0.2) is 0 Å². The molecule has 0 saturated carbocycles. The van der Waals surface area contributed by atoms with Crippen LogP contribution in [-0.4, -0.2) is 32.0 Å². The molecule has 0 bridgehead atoms. The Labute approximate surface area is 122 Å². The molecule has 0 aliphatic rings. The zero-order chi connectivity index (χ0) is 14.0. The van der Waals surface area contributed by atoms with Crippen molar-refractivity contribution in [1.82, 2.24) is 0 Å². The number of thiocarbonyl (C=S) groups is 1. The molecule has 0 spiro atoms. The van der Waals surface area contributed by atoms with Gasteiger partial charge in [0.2, 0.25) is 0 Å². The molecular weight excluding hydrogens is 284 g/mol. The summed E-state index contributed by atoms with van der Waals surface area (Å²) in [5.41, 5.74) is 0. The molecule has 0 aromatic carbocycles. The summed E-state index contributed by atoms with van der Waals surface area (Å²) in [6, 6.07) is 0. The van der Waals surface area contributed by atoms with Crippen LogP contribution >= 0.6 is 23.4 Å². The molecule has 0 N–H and O–H groups in total. The summed E-state index contributed by atoms with van der Waals surface area (Å²) in [5.74, 6) is 0.429. The van der Waals surface area contributed by atoms with E-state index in [4.69, 9.17) is 25.5 Å². The highest BCUT2D eigenvalue weighted by atomic mass is 32.4. The van der Waals surface area contributed by atoms with E-state index in [0.29, 0.717) is 25.7 Å². The van der Waals surface area contributed by atoms with Crippen LogP contribution in [0.4, 0.5) is 0 Å². The van der Waals surface area contributed by atoms with Gasteiger partial charge in [-0.15, -0.1) is 0 Å². The molecule has 0 atom stereocenters. The van der Waals surface area contributed by atoms with E-state index in [-0.39, 0.29) is 0 Å². The lowest BCUT2D eigenvalue weighted by molar-refractivity contribution is 0.0969. The van der Waals surface area contributed by atoms with Crippen molar-refractivity contribution >= 4 is 35.6 Å². The minimum absolute atomic E-state index is 0.429. The largest absolute Gasteiger partial charge is 0.578 e. The van der Waals surface area contributed by atoms with Crippen LogP contribution in [0.15, 0.2) is 0 Å². The normalized spacial score (nSPS) is 12.1. The van der Waals surface area contributed by atoms with Gasteiger partial charge in [0, 0.05) is 19.8 Å². The smallest absolute Gasteiger partial charge is 0.365 e. The van der Waals surface area contributed by atoms with E-state index in [2.05, 4.69) is 13.8 Å². The summed E-state index contributed by atoms with van der Waals surface area (Å²) in [4.78, 5) is 0. The van der Waals surface area contributed by atoms with Crippen LogP contribution in [0, 0.1) is 5.92 Å². The number of hydrogen-bond acceptors (Lipinski definition) is 5. The van der Waals surface area contributed by atoms with Gasteiger partial charge in [0.15, 0.2) is 0 Å². The molecule has 0 aliphatic heterocycles.